The standard InChI is InChI=1S/C17H22N4O3/c1-20-16(18-15(19-20)11-23-2)17(22)21-9-8-13(10-21)12-4-6-14(24-3)7-5-12/h4-7,13H,8-11H2,1-3H3. The summed E-state index contributed by atoms with van der Waals surface area (Å²) in [6, 6.07) is 8.05. The number of methoxy groups -OCH3 is 2. The van der Waals surface area contributed by atoms with Crippen molar-refractivity contribution in [2.45, 2.75) is 18.9 Å². The summed E-state index contributed by atoms with van der Waals surface area (Å²) in [7, 11) is 4.97. The molecule has 0 aliphatic carbocycles. The zero-order chi connectivity index (χ0) is 17.1. The van der Waals surface area contributed by atoms with Crippen LogP contribution in [-0.4, -0.2) is 52.9 Å². The third kappa shape index (κ3) is 3.26. The number of aromatic nitrogens is 3. The van der Waals surface area contributed by atoms with E-state index in [4.69, 9.17) is 9.47 Å². The first-order chi connectivity index (χ1) is 11.6. The number of likely N-dealkylation sites (tertiary alicyclic amines) is 1. The molecule has 1 aromatic heterocycles. The van der Waals surface area contributed by atoms with Crippen molar-refractivity contribution in [2.75, 3.05) is 27.3 Å². The van der Waals surface area contributed by atoms with Crippen LogP contribution >= 0.6 is 0 Å². The summed E-state index contributed by atoms with van der Waals surface area (Å²) in [5, 5.41) is 4.21. The first-order valence-electron chi connectivity index (χ1n) is 7.94. The van der Waals surface area contributed by atoms with Crippen molar-refractivity contribution in [3.05, 3.63) is 41.5 Å². The summed E-state index contributed by atoms with van der Waals surface area (Å²) in [6.07, 6.45) is 0.945. The fourth-order valence-electron chi connectivity index (χ4n) is 3.05. The quantitative estimate of drug-likeness (QED) is 0.833. The van der Waals surface area contributed by atoms with E-state index in [0.29, 0.717) is 30.7 Å². The van der Waals surface area contributed by atoms with E-state index in [-0.39, 0.29) is 5.91 Å². The molecular formula is C17H22N4O3. The lowest BCUT2D eigenvalue weighted by atomic mass is 9.98. The van der Waals surface area contributed by atoms with E-state index in [2.05, 4.69) is 22.2 Å². The van der Waals surface area contributed by atoms with Gasteiger partial charge in [0.2, 0.25) is 5.82 Å². The highest BCUT2D eigenvalue weighted by atomic mass is 16.5. The van der Waals surface area contributed by atoms with E-state index in [1.54, 1.807) is 21.3 Å². The van der Waals surface area contributed by atoms with Gasteiger partial charge in [-0.3, -0.25) is 4.79 Å². The maximum atomic E-state index is 12.7. The van der Waals surface area contributed by atoms with E-state index in [1.165, 1.54) is 10.2 Å². The molecule has 3 rings (SSSR count). The van der Waals surface area contributed by atoms with Gasteiger partial charge in [0.25, 0.3) is 5.91 Å². The Hall–Kier alpha value is -2.41. The molecule has 1 unspecified atom stereocenters. The zero-order valence-corrected chi connectivity index (χ0v) is 14.2. The molecule has 1 fully saturated rings. The maximum absolute atomic E-state index is 12.7. The predicted molar refractivity (Wildman–Crippen MR) is 88.0 cm³/mol. The molecule has 0 saturated carbocycles. The van der Waals surface area contributed by atoms with Crippen LogP contribution in [0.5, 0.6) is 5.75 Å². The van der Waals surface area contributed by atoms with Gasteiger partial charge in [-0.15, -0.1) is 0 Å². The second kappa shape index (κ2) is 7.00. The summed E-state index contributed by atoms with van der Waals surface area (Å²) in [5.41, 5.74) is 1.23. The first-order valence-corrected chi connectivity index (χ1v) is 7.94. The fourth-order valence-corrected chi connectivity index (χ4v) is 3.05. The van der Waals surface area contributed by atoms with Gasteiger partial charge in [0.1, 0.15) is 12.4 Å². The predicted octanol–water partition coefficient (Wildman–Crippen LogP) is 1.60. The largest absolute Gasteiger partial charge is 0.497 e. The summed E-state index contributed by atoms with van der Waals surface area (Å²) < 4.78 is 11.7. The van der Waals surface area contributed by atoms with E-state index in [1.807, 2.05) is 17.0 Å². The fraction of sp³-hybridized carbons (Fsp3) is 0.471. The number of benzene rings is 1. The topological polar surface area (TPSA) is 69.5 Å². The van der Waals surface area contributed by atoms with Crippen molar-refractivity contribution in [3.8, 4) is 5.75 Å². The Balaban J connectivity index is 1.69. The normalized spacial score (nSPS) is 17.3. The summed E-state index contributed by atoms with van der Waals surface area (Å²) >= 11 is 0. The minimum atomic E-state index is -0.0802. The molecule has 2 aromatic rings. The Labute approximate surface area is 141 Å². The molecule has 2 heterocycles. The molecule has 1 saturated heterocycles. The van der Waals surface area contributed by atoms with Crippen molar-refractivity contribution in [3.63, 3.8) is 0 Å². The molecule has 0 spiro atoms. The third-order valence-corrected chi connectivity index (χ3v) is 4.33. The average molecular weight is 330 g/mol. The van der Waals surface area contributed by atoms with Crippen LogP contribution in [0.4, 0.5) is 0 Å². The van der Waals surface area contributed by atoms with Gasteiger partial charge in [0, 0.05) is 33.2 Å². The van der Waals surface area contributed by atoms with Gasteiger partial charge in [0.05, 0.1) is 7.11 Å². The van der Waals surface area contributed by atoms with E-state index >= 15 is 0 Å². The summed E-state index contributed by atoms with van der Waals surface area (Å²) in [5.74, 6) is 1.98. The number of carbonyl (C=O) groups excluding carboxylic acids is 1. The van der Waals surface area contributed by atoms with Gasteiger partial charge >= 0.3 is 0 Å². The monoisotopic (exact) mass is 330 g/mol. The van der Waals surface area contributed by atoms with Gasteiger partial charge in [-0.25, -0.2) is 9.67 Å². The Morgan fingerprint density at radius 3 is 2.71 bits per heavy atom. The molecule has 1 aliphatic rings. The molecule has 0 bridgehead atoms. The van der Waals surface area contributed by atoms with Crippen LogP contribution in [0, 0.1) is 0 Å². The Morgan fingerprint density at radius 2 is 2.04 bits per heavy atom. The number of nitrogens with zero attached hydrogens (tertiary/aromatic N) is 4. The summed E-state index contributed by atoms with van der Waals surface area (Å²) in [6.45, 7) is 1.72. The first kappa shape index (κ1) is 16.4. The van der Waals surface area contributed by atoms with Crippen molar-refractivity contribution >= 4 is 5.91 Å². The van der Waals surface area contributed by atoms with Crippen molar-refractivity contribution in [2.24, 2.45) is 7.05 Å². The number of aryl methyl sites for hydroxylation is 1. The molecule has 1 aliphatic heterocycles. The lowest BCUT2D eigenvalue weighted by Gasteiger charge is -2.16. The van der Waals surface area contributed by atoms with E-state index < -0.39 is 0 Å². The van der Waals surface area contributed by atoms with Crippen LogP contribution < -0.4 is 4.74 Å². The molecule has 1 aromatic carbocycles. The molecule has 7 nitrogen and oxygen atoms in total. The summed E-state index contributed by atoms with van der Waals surface area (Å²) in [4.78, 5) is 18.8. The van der Waals surface area contributed by atoms with Gasteiger partial charge < -0.3 is 14.4 Å². The maximum Gasteiger partial charge on any atom is 0.291 e. The molecule has 0 radical (unpaired) electrons. The smallest absolute Gasteiger partial charge is 0.291 e. The Kier molecular flexibility index (Phi) is 4.80. The van der Waals surface area contributed by atoms with Gasteiger partial charge in [-0.05, 0) is 24.1 Å². The number of rotatable bonds is 5. The van der Waals surface area contributed by atoms with Crippen LogP contribution in [0.2, 0.25) is 0 Å². The third-order valence-electron chi connectivity index (χ3n) is 4.33. The molecule has 7 heteroatoms. The number of carbonyl (C=O) groups is 1. The van der Waals surface area contributed by atoms with Crippen LogP contribution in [0.1, 0.15) is 34.3 Å². The Bertz CT molecular complexity index is 711. The lowest BCUT2D eigenvalue weighted by Crippen LogP contribution is -2.30. The Morgan fingerprint density at radius 1 is 1.29 bits per heavy atom. The number of hydrogen-bond acceptors (Lipinski definition) is 5. The molecule has 0 N–H and O–H groups in total. The van der Waals surface area contributed by atoms with Crippen molar-refractivity contribution in [1.82, 2.24) is 19.7 Å². The number of hydrogen-bond donors (Lipinski definition) is 0. The van der Waals surface area contributed by atoms with Gasteiger partial charge in [0.15, 0.2) is 5.82 Å². The minimum Gasteiger partial charge on any atom is -0.497 e. The van der Waals surface area contributed by atoms with E-state index in [9.17, 15) is 4.79 Å². The second-order valence-corrected chi connectivity index (χ2v) is 5.92. The molecule has 24 heavy (non-hydrogen) atoms. The van der Waals surface area contributed by atoms with Crippen LogP contribution in [0.3, 0.4) is 0 Å². The average Bonchev–Trinajstić information content (AvgIpc) is 3.22. The number of amides is 1. The van der Waals surface area contributed by atoms with Gasteiger partial charge in [-0.1, -0.05) is 12.1 Å². The van der Waals surface area contributed by atoms with Crippen LogP contribution in [0.15, 0.2) is 24.3 Å². The van der Waals surface area contributed by atoms with E-state index in [0.717, 1.165) is 18.7 Å². The van der Waals surface area contributed by atoms with Crippen LogP contribution in [-0.2, 0) is 18.4 Å². The van der Waals surface area contributed by atoms with Crippen LogP contribution in [0.25, 0.3) is 0 Å². The van der Waals surface area contributed by atoms with Gasteiger partial charge in [-0.2, -0.15) is 5.10 Å². The molecular weight excluding hydrogens is 308 g/mol. The highest BCUT2D eigenvalue weighted by molar-refractivity contribution is 5.91. The SMILES string of the molecule is COCc1nc(C(=O)N2CCC(c3ccc(OC)cc3)C2)n(C)n1. The zero-order valence-electron chi connectivity index (χ0n) is 14.2. The highest BCUT2D eigenvalue weighted by Crippen LogP contribution is 2.29. The number of ether oxygens (including phenoxy) is 2. The second-order valence-electron chi connectivity index (χ2n) is 5.92. The lowest BCUT2D eigenvalue weighted by molar-refractivity contribution is 0.0773. The molecule has 128 valence electrons. The molecule has 1 amide bonds. The molecule has 1 atom stereocenters. The van der Waals surface area contributed by atoms with Crippen molar-refractivity contribution < 1.29 is 14.3 Å². The van der Waals surface area contributed by atoms with Crippen molar-refractivity contribution in [1.29, 1.82) is 0 Å². The highest BCUT2D eigenvalue weighted by Gasteiger charge is 2.30. The minimum absolute atomic E-state index is 0.0802.